The maximum Gasteiger partial charge on any atom is 0.0900 e. The van der Waals surface area contributed by atoms with Gasteiger partial charge in [-0.3, -0.25) is 19.6 Å². The molecule has 0 radical (unpaired) electrons. The third kappa shape index (κ3) is 21.5. The van der Waals surface area contributed by atoms with Gasteiger partial charge in [-0.1, -0.05) is 0 Å². The summed E-state index contributed by atoms with van der Waals surface area (Å²) in [5.74, 6) is 0. The van der Waals surface area contributed by atoms with Crippen molar-refractivity contribution < 1.29 is 48.8 Å². The highest BCUT2D eigenvalue weighted by atomic mass is 16.6. The highest BCUT2D eigenvalue weighted by molar-refractivity contribution is 4.77. The van der Waals surface area contributed by atoms with Crippen LogP contribution in [-0.2, 0) is 28.4 Å². The lowest BCUT2D eigenvalue weighted by Gasteiger charge is -2.36. The van der Waals surface area contributed by atoms with Crippen LogP contribution in [0.2, 0.25) is 0 Å². The summed E-state index contributed by atoms with van der Waals surface area (Å²) in [5, 5.41) is 48.3. The van der Waals surface area contributed by atoms with Crippen molar-refractivity contribution in [3.05, 3.63) is 0 Å². The van der Waals surface area contributed by atoms with Crippen molar-refractivity contribution in [2.24, 2.45) is 0 Å². The molecule has 0 aliphatic carbocycles. The number of β-amino-alcohol motifs (C(OH)–C–C–N with tert-alkyl or cyclic N) is 4. The molecule has 52 heavy (non-hydrogen) atoms. The SMILES string of the molecule is CC(COCC(O)CN1CCN(CC(O)COC(C)COC(C)COCC(O)CN2CCNCC2)CC1)OCC(C)OCC(O)CN1CCNCC1. The molecule has 8 unspecified atom stereocenters. The molecule has 0 aromatic rings. The van der Waals surface area contributed by atoms with E-state index in [0.717, 1.165) is 78.5 Å². The summed E-state index contributed by atoms with van der Waals surface area (Å²) in [4.78, 5) is 8.93. The van der Waals surface area contributed by atoms with Crippen LogP contribution in [0.15, 0.2) is 0 Å². The zero-order valence-electron chi connectivity index (χ0n) is 32.6. The van der Waals surface area contributed by atoms with Crippen LogP contribution >= 0.6 is 0 Å². The van der Waals surface area contributed by atoms with Crippen LogP contribution in [0.25, 0.3) is 0 Å². The summed E-state index contributed by atoms with van der Waals surface area (Å²) < 4.78 is 34.7. The van der Waals surface area contributed by atoms with Crippen LogP contribution in [0, 0.1) is 0 Å². The fourth-order valence-corrected chi connectivity index (χ4v) is 6.43. The molecule has 0 aromatic carbocycles. The van der Waals surface area contributed by atoms with Crippen LogP contribution in [0.4, 0.5) is 0 Å². The van der Waals surface area contributed by atoms with Gasteiger partial charge in [0.2, 0.25) is 0 Å². The zero-order chi connectivity index (χ0) is 37.6. The minimum Gasteiger partial charge on any atom is -0.389 e. The highest BCUT2D eigenvalue weighted by Gasteiger charge is 2.22. The van der Waals surface area contributed by atoms with Crippen molar-refractivity contribution in [1.29, 1.82) is 0 Å². The summed E-state index contributed by atoms with van der Waals surface area (Å²) in [5.41, 5.74) is 0. The standard InChI is InChI=1S/C36H74N6O10/c1-29(21-47-25-33(43)17-39-9-5-37-6-10-39)50-24-32(4)52-28-36(46)20-42-15-13-41(14-16-42)18-34(44)26-48-22-30(2)49-23-31(3)51-27-35(45)19-40-11-7-38-8-12-40/h29-38,43-46H,5-28H2,1-4H3. The lowest BCUT2D eigenvalue weighted by Crippen LogP contribution is -2.51. The van der Waals surface area contributed by atoms with Crippen LogP contribution < -0.4 is 10.6 Å². The molecular formula is C36H74N6O10. The van der Waals surface area contributed by atoms with Gasteiger partial charge in [0.15, 0.2) is 0 Å². The molecule has 3 fully saturated rings. The average Bonchev–Trinajstić information content (AvgIpc) is 3.13. The van der Waals surface area contributed by atoms with Gasteiger partial charge < -0.3 is 59.5 Å². The molecule has 0 aromatic heterocycles. The van der Waals surface area contributed by atoms with Gasteiger partial charge in [-0.25, -0.2) is 0 Å². The molecule has 3 heterocycles. The molecular weight excluding hydrogens is 676 g/mol. The van der Waals surface area contributed by atoms with Crippen LogP contribution in [-0.4, -0.2) is 246 Å². The normalized spacial score (nSPS) is 23.5. The summed E-state index contributed by atoms with van der Waals surface area (Å²) in [6.45, 7) is 23.5. The van der Waals surface area contributed by atoms with Gasteiger partial charge in [0.05, 0.1) is 102 Å². The average molecular weight is 751 g/mol. The van der Waals surface area contributed by atoms with E-state index < -0.39 is 24.4 Å². The van der Waals surface area contributed by atoms with Gasteiger partial charge in [-0.15, -0.1) is 0 Å². The van der Waals surface area contributed by atoms with E-state index in [0.29, 0.717) is 52.6 Å². The number of piperazine rings is 3. The van der Waals surface area contributed by atoms with Crippen molar-refractivity contribution in [1.82, 2.24) is 30.2 Å². The third-order valence-corrected chi connectivity index (χ3v) is 9.46. The number of aliphatic hydroxyl groups is 4. The third-order valence-electron chi connectivity index (χ3n) is 9.46. The van der Waals surface area contributed by atoms with Gasteiger partial charge in [0.25, 0.3) is 0 Å². The van der Waals surface area contributed by atoms with Crippen LogP contribution in [0.3, 0.4) is 0 Å². The Morgan fingerprint density at radius 2 is 0.654 bits per heavy atom. The van der Waals surface area contributed by atoms with E-state index in [1.54, 1.807) is 0 Å². The smallest absolute Gasteiger partial charge is 0.0900 e. The number of hydrogen-bond donors (Lipinski definition) is 6. The first-order valence-corrected chi connectivity index (χ1v) is 19.7. The first kappa shape index (κ1) is 45.7. The molecule has 0 spiro atoms. The summed E-state index contributed by atoms with van der Waals surface area (Å²) >= 11 is 0. The fraction of sp³-hybridized carbons (Fsp3) is 1.00. The number of ether oxygens (including phenoxy) is 6. The second kappa shape index (κ2) is 27.0. The van der Waals surface area contributed by atoms with E-state index in [2.05, 4.69) is 30.2 Å². The van der Waals surface area contributed by atoms with Gasteiger partial charge >= 0.3 is 0 Å². The van der Waals surface area contributed by atoms with Crippen LogP contribution in [0.1, 0.15) is 27.7 Å². The Labute approximate surface area is 312 Å². The predicted octanol–water partition coefficient (Wildman–Crippen LogP) is -2.49. The van der Waals surface area contributed by atoms with Crippen molar-refractivity contribution in [2.75, 3.05) is 158 Å². The fourth-order valence-electron chi connectivity index (χ4n) is 6.43. The minimum atomic E-state index is -0.598. The number of rotatable bonds is 28. The Balaban J connectivity index is 1.12. The monoisotopic (exact) mass is 751 g/mol. The Kier molecular flexibility index (Phi) is 23.8. The largest absolute Gasteiger partial charge is 0.389 e. The maximum absolute atomic E-state index is 10.6. The molecule has 3 rings (SSSR count). The quantitative estimate of drug-likeness (QED) is 0.0496. The van der Waals surface area contributed by atoms with Gasteiger partial charge in [0.1, 0.15) is 0 Å². The Hall–Kier alpha value is -0.640. The molecule has 6 N–H and O–H groups in total. The van der Waals surface area contributed by atoms with Crippen LogP contribution in [0.5, 0.6) is 0 Å². The summed E-state index contributed by atoms with van der Waals surface area (Å²) in [7, 11) is 0. The Bertz CT molecular complexity index is 869. The van der Waals surface area contributed by atoms with Crippen molar-refractivity contribution in [3.63, 3.8) is 0 Å². The molecule has 3 saturated heterocycles. The van der Waals surface area contributed by atoms with Gasteiger partial charge in [-0.2, -0.15) is 0 Å². The van der Waals surface area contributed by atoms with Crippen molar-refractivity contribution in [3.8, 4) is 0 Å². The van der Waals surface area contributed by atoms with E-state index in [4.69, 9.17) is 28.4 Å². The van der Waals surface area contributed by atoms with Gasteiger partial charge in [0, 0.05) is 105 Å². The van der Waals surface area contributed by atoms with E-state index in [1.807, 2.05) is 27.7 Å². The lowest BCUT2D eigenvalue weighted by atomic mass is 10.2. The highest BCUT2D eigenvalue weighted by Crippen LogP contribution is 2.07. The predicted molar refractivity (Wildman–Crippen MR) is 199 cm³/mol. The second-order valence-corrected chi connectivity index (χ2v) is 15.0. The van der Waals surface area contributed by atoms with E-state index in [1.165, 1.54) is 0 Å². The van der Waals surface area contributed by atoms with E-state index in [-0.39, 0.29) is 50.8 Å². The molecule has 3 aliphatic heterocycles. The molecule has 16 heteroatoms. The van der Waals surface area contributed by atoms with Gasteiger partial charge in [-0.05, 0) is 27.7 Å². The molecule has 308 valence electrons. The first-order chi connectivity index (χ1) is 25.0. The molecule has 16 nitrogen and oxygen atoms in total. The number of hydrogen-bond acceptors (Lipinski definition) is 16. The molecule has 0 saturated carbocycles. The van der Waals surface area contributed by atoms with E-state index in [9.17, 15) is 20.4 Å². The summed E-state index contributed by atoms with van der Waals surface area (Å²) in [6.07, 6.45) is -2.78. The molecule has 0 bridgehead atoms. The lowest BCUT2D eigenvalue weighted by molar-refractivity contribution is -0.0840. The molecule has 3 aliphatic rings. The maximum atomic E-state index is 10.6. The van der Waals surface area contributed by atoms with E-state index >= 15 is 0 Å². The second-order valence-electron chi connectivity index (χ2n) is 15.0. The summed E-state index contributed by atoms with van der Waals surface area (Å²) in [6, 6.07) is 0. The number of aliphatic hydroxyl groups excluding tert-OH is 4. The number of nitrogens with one attached hydrogen (secondary N) is 2. The van der Waals surface area contributed by atoms with Crippen molar-refractivity contribution in [2.45, 2.75) is 76.5 Å². The number of nitrogens with zero attached hydrogens (tertiary/aromatic N) is 4. The Morgan fingerprint density at radius 3 is 1.00 bits per heavy atom. The zero-order valence-corrected chi connectivity index (χ0v) is 32.6. The molecule has 8 atom stereocenters. The topological polar surface area (TPSA) is 173 Å². The Morgan fingerprint density at radius 1 is 0.385 bits per heavy atom. The molecule has 0 amide bonds. The minimum absolute atomic E-state index is 0.125. The first-order valence-electron chi connectivity index (χ1n) is 19.7. The van der Waals surface area contributed by atoms with Crippen molar-refractivity contribution >= 4 is 0 Å².